The molecule has 124 valence electrons. The Morgan fingerprint density at radius 2 is 2.05 bits per heavy atom. The lowest BCUT2D eigenvalue weighted by molar-refractivity contribution is 0.133. The van der Waals surface area contributed by atoms with Crippen LogP contribution in [0.15, 0.2) is 6.07 Å². The number of aryl methyl sites for hydroxylation is 2. The van der Waals surface area contributed by atoms with Gasteiger partial charge >= 0.3 is 6.03 Å². The van der Waals surface area contributed by atoms with Crippen molar-refractivity contribution in [2.75, 3.05) is 13.7 Å². The van der Waals surface area contributed by atoms with Crippen molar-refractivity contribution in [3.63, 3.8) is 0 Å². The first-order valence-electron chi connectivity index (χ1n) is 8.13. The predicted molar refractivity (Wildman–Crippen MR) is 91.3 cm³/mol. The number of hydrogen-bond donors (Lipinski definition) is 2. The fraction of sp³-hybridized carbons (Fsp3) is 0.706. The van der Waals surface area contributed by atoms with Gasteiger partial charge in [0.15, 0.2) is 0 Å². The van der Waals surface area contributed by atoms with Crippen LogP contribution in [0.2, 0.25) is 0 Å². The number of nitrogens with one attached hydrogen (secondary N) is 1. The van der Waals surface area contributed by atoms with Crippen molar-refractivity contribution in [3.05, 3.63) is 21.4 Å². The van der Waals surface area contributed by atoms with E-state index < -0.39 is 0 Å². The summed E-state index contributed by atoms with van der Waals surface area (Å²) >= 11 is 1.78. The maximum Gasteiger partial charge on any atom is 0.317 e. The van der Waals surface area contributed by atoms with E-state index in [9.17, 15) is 9.90 Å². The lowest BCUT2D eigenvalue weighted by atomic mass is 9.86. The first-order valence-corrected chi connectivity index (χ1v) is 8.95. The molecule has 2 rings (SSSR count). The van der Waals surface area contributed by atoms with Gasteiger partial charge in [-0.3, -0.25) is 0 Å². The molecule has 1 fully saturated rings. The molecule has 2 amide bonds. The van der Waals surface area contributed by atoms with Crippen molar-refractivity contribution in [2.24, 2.45) is 5.92 Å². The second-order valence-electron chi connectivity index (χ2n) is 6.51. The lowest BCUT2D eigenvalue weighted by Crippen LogP contribution is -2.45. The van der Waals surface area contributed by atoms with Crippen LogP contribution in [0.5, 0.6) is 0 Å². The zero-order valence-corrected chi connectivity index (χ0v) is 14.9. The molecule has 1 aromatic rings. The first kappa shape index (κ1) is 17.3. The second kappa shape index (κ2) is 7.47. The number of aliphatic hydroxyl groups is 1. The van der Waals surface area contributed by atoms with Crippen molar-refractivity contribution in [1.82, 2.24) is 10.2 Å². The summed E-state index contributed by atoms with van der Waals surface area (Å²) < 4.78 is 0. The molecule has 0 saturated heterocycles. The molecule has 5 heteroatoms. The van der Waals surface area contributed by atoms with E-state index >= 15 is 0 Å². The fourth-order valence-corrected chi connectivity index (χ4v) is 4.35. The Labute approximate surface area is 137 Å². The minimum absolute atomic E-state index is 0.00296. The molecule has 4 nitrogen and oxygen atoms in total. The number of hydrogen-bond acceptors (Lipinski definition) is 3. The molecule has 0 spiro atoms. The highest BCUT2D eigenvalue weighted by atomic mass is 32.1. The number of carbonyl (C=O) groups is 1. The maximum absolute atomic E-state index is 12.5. The highest BCUT2D eigenvalue weighted by Gasteiger charge is 2.27. The number of carbonyl (C=O) groups excluding carboxylic acids is 1. The van der Waals surface area contributed by atoms with Crippen LogP contribution in [0.25, 0.3) is 0 Å². The highest BCUT2D eigenvalue weighted by molar-refractivity contribution is 7.12. The van der Waals surface area contributed by atoms with Gasteiger partial charge in [0.1, 0.15) is 0 Å². The van der Waals surface area contributed by atoms with Gasteiger partial charge in [0, 0.05) is 29.5 Å². The van der Waals surface area contributed by atoms with E-state index in [0.29, 0.717) is 12.0 Å². The average Bonchev–Trinajstić information content (AvgIpc) is 2.85. The standard InChI is InChI=1S/C17H28N2O2S/c1-11-9-16(13(3)22-11)12(2)18-17(21)19(4)15-7-5-14(10-20)6-8-15/h9,12,14-15,20H,5-8,10H2,1-4H3,(H,18,21). The number of rotatable bonds is 4. The normalized spacial score (nSPS) is 23.1. The van der Waals surface area contributed by atoms with Crippen LogP contribution in [0.1, 0.15) is 54.0 Å². The molecule has 0 radical (unpaired) electrons. The predicted octanol–water partition coefficient (Wildman–Crippen LogP) is 3.62. The summed E-state index contributed by atoms with van der Waals surface area (Å²) in [6.07, 6.45) is 3.99. The Morgan fingerprint density at radius 3 is 2.55 bits per heavy atom. The third-order valence-electron chi connectivity index (χ3n) is 4.83. The van der Waals surface area contributed by atoms with Crippen LogP contribution in [-0.2, 0) is 0 Å². The number of aliphatic hydroxyl groups excluding tert-OH is 1. The van der Waals surface area contributed by atoms with Crippen LogP contribution in [-0.4, -0.2) is 35.7 Å². The van der Waals surface area contributed by atoms with Gasteiger partial charge in [0.25, 0.3) is 0 Å². The van der Waals surface area contributed by atoms with E-state index in [1.54, 1.807) is 11.3 Å². The monoisotopic (exact) mass is 324 g/mol. The third-order valence-corrected chi connectivity index (χ3v) is 5.81. The number of urea groups is 1. The summed E-state index contributed by atoms with van der Waals surface area (Å²) in [5.41, 5.74) is 1.22. The van der Waals surface area contributed by atoms with Crippen molar-refractivity contribution >= 4 is 17.4 Å². The zero-order chi connectivity index (χ0) is 16.3. The van der Waals surface area contributed by atoms with Crippen LogP contribution >= 0.6 is 11.3 Å². The Kier molecular flexibility index (Phi) is 5.87. The molecule has 0 aliphatic heterocycles. The molecule has 2 N–H and O–H groups in total. The summed E-state index contributed by atoms with van der Waals surface area (Å²) in [4.78, 5) is 16.9. The topological polar surface area (TPSA) is 52.6 Å². The van der Waals surface area contributed by atoms with E-state index in [2.05, 4.69) is 25.2 Å². The zero-order valence-electron chi connectivity index (χ0n) is 14.1. The molecule has 1 aromatic heterocycles. The molecule has 0 bridgehead atoms. The van der Waals surface area contributed by atoms with Crippen LogP contribution in [0.3, 0.4) is 0 Å². The molecule has 1 heterocycles. The van der Waals surface area contributed by atoms with Gasteiger partial charge in [-0.25, -0.2) is 4.79 Å². The maximum atomic E-state index is 12.5. The van der Waals surface area contributed by atoms with E-state index in [1.807, 2.05) is 18.9 Å². The lowest BCUT2D eigenvalue weighted by Gasteiger charge is -2.34. The van der Waals surface area contributed by atoms with E-state index in [0.717, 1.165) is 25.7 Å². The molecule has 22 heavy (non-hydrogen) atoms. The highest BCUT2D eigenvalue weighted by Crippen LogP contribution is 2.28. The summed E-state index contributed by atoms with van der Waals surface area (Å²) in [5.74, 6) is 0.420. The summed E-state index contributed by atoms with van der Waals surface area (Å²) in [7, 11) is 1.89. The van der Waals surface area contributed by atoms with E-state index in [1.165, 1.54) is 15.3 Å². The number of nitrogens with zero attached hydrogens (tertiary/aromatic N) is 1. The van der Waals surface area contributed by atoms with Gasteiger partial charge in [0.2, 0.25) is 0 Å². The van der Waals surface area contributed by atoms with E-state index in [4.69, 9.17) is 0 Å². The minimum Gasteiger partial charge on any atom is -0.396 e. The van der Waals surface area contributed by atoms with Crippen molar-refractivity contribution in [1.29, 1.82) is 0 Å². The molecule has 1 atom stereocenters. The molecular weight excluding hydrogens is 296 g/mol. The fourth-order valence-electron chi connectivity index (χ4n) is 3.33. The molecule has 1 aliphatic rings. The molecule has 1 unspecified atom stereocenters. The third kappa shape index (κ3) is 4.02. The molecular formula is C17H28N2O2S. The quantitative estimate of drug-likeness (QED) is 0.889. The van der Waals surface area contributed by atoms with Crippen molar-refractivity contribution < 1.29 is 9.90 Å². The van der Waals surface area contributed by atoms with Gasteiger partial charge in [-0.05, 0) is 64.0 Å². The summed E-state index contributed by atoms with van der Waals surface area (Å²) in [6.45, 7) is 6.52. The van der Waals surface area contributed by atoms with Gasteiger partial charge < -0.3 is 15.3 Å². The number of amides is 2. The largest absolute Gasteiger partial charge is 0.396 e. The average molecular weight is 324 g/mol. The van der Waals surface area contributed by atoms with Crippen molar-refractivity contribution in [2.45, 2.75) is 58.5 Å². The Hall–Kier alpha value is -1.07. The van der Waals surface area contributed by atoms with Gasteiger partial charge in [-0.15, -0.1) is 11.3 Å². The molecule has 1 saturated carbocycles. The van der Waals surface area contributed by atoms with Crippen LogP contribution in [0, 0.1) is 19.8 Å². The van der Waals surface area contributed by atoms with Crippen LogP contribution in [0.4, 0.5) is 4.79 Å². The summed E-state index contributed by atoms with van der Waals surface area (Å²) in [6, 6.07) is 2.49. The molecule has 0 aromatic carbocycles. The second-order valence-corrected chi connectivity index (χ2v) is 7.97. The van der Waals surface area contributed by atoms with Crippen LogP contribution < -0.4 is 5.32 Å². The van der Waals surface area contributed by atoms with E-state index in [-0.39, 0.29) is 18.7 Å². The molecule has 1 aliphatic carbocycles. The Morgan fingerprint density at radius 1 is 1.41 bits per heavy atom. The Bertz CT molecular complexity index is 507. The van der Waals surface area contributed by atoms with Gasteiger partial charge in [-0.2, -0.15) is 0 Å². The van der Waals surface area contributed by atoms with Gasteiger partial charge in [-0.1, -0.05) is 0 Å². The first-order chi connectivity index (χ1) is 10.4. The smallest absolute Gasteiger partial charge is 0.317 e. The van der Waals surface area contributed by atoms with Gasteiger partial charge in [0.05, 0.1) is 6.04 Å². The van der Waals surface area contributed by atoms with Crippen molar-refractivity contribution in [3.8, 4) is 0 Å². The number of thiophene rings is 1. The Balaban J connectivity index is 1.90. The minimum atomic E-state index is 0.00296. The SMILES string of the molecule is Cc1cc(C(C)NC(=O)N(C)C2CCC(CO)CC2)c(C)s1. The summed E-state index contributed by atoms with van der Waals surface area (Å²) in [5, 5.41) is 12.3.